The van der Waals surface area contributed by atoms with Gasteiger partial charge in [0.1, 0.15) is 4.99 Å². The highest BCUT2D eigenvalue weighted by Gasteiger charge is 2.29. The molecule has 2 N–H and O–H groups in total. The minimum Gasteiger partial charge on any atom is -0.389 e. The molecule has 1 saturated carbocycles. The van der Waals surface area contributed by atoms with Crippen molar-refractivity contribution in [3.8, 4) is 0 Å². The third-order valence-corrected chi connectivity index (χ3v) is 3.95. The van der Waals surface area contributed by atoms with Crippen molar-refractivity contribution in [3.63, 3.8) is 0 Å². The Hall–Kier alpha value is -0.650. The van der Waals surface area contributed by atoms with E-state index in [4.69, 9.17) is 22.7 Å². The third-order valence-electron chi connectivity index (χ3n) is 3.07. The number of rotatable bonds is 6. The zero-order chi connectivity index (χ0) is 13.1. The molecule has 1 aliphatic carbocycles. The van der Waals surface area contributed by atoms with E-state index in [1.165, 1.54) is 18.5 Å². The molecule has 18 heavy (non-hydrogen) atoms. The van der Waals surface area contributed by atoms with Gasteiger partial charge >= 0.3 is 0 Å². The van der Waals surface area contributed by atoms with Gasteiger partial charge in [0.25, 0.3) is 0 Å². The number of nitrogens with two attached hydrogens (primary N) is 1. The Bertz CT molecular complexity index is 449. The number of anilines is 1. The molecule has 98 valence electrons. The topological polar surface area (TPSA) is 38.5 Å². The molecule has 0 aliphatic heterocycles. The van der Waals surface area contributed by atoms with Crippen LogP contribution in [0, 0.1) is 0 Å². The van der Waals surface area contributed by atoms with E-state index in [2.05, 4.69) is 33.0 Å². The van der Waals surface area contributed by atoms with Crippen molar-refractivity contribution < 1.29 is 4.74 Å². The zero-order valence-corrected chi connectivity index (χ0v) is 12.8. The van der Waals surface area contributed by atoms with E-state index in [1.807, 2.05) is 6.07 Å². The average molecular weight is 329 g/mol. The second-order valence-electron chi connectivity index (χ2n) is 4.45. The number of hydrogen-bond donors (Lipinski definition) is 1. The zero-order valence-electron chi connectivity index (χ0n) is 10.4. The summed E-state index contributed by atoms with van der Waals surface area (Å²) < 4.78 is 6.12. The van der Waals surface area contributed by atoms with Crippen LogP contribution in [0.2, 0.25) is 0 Å². The Morgan fingerprint density at radius 2 is 2.28 bits per heavy atom. The molecule has 0 spiro atoms. The van der Waals surface area contributed by atoms with Gasteiger partial charge in [-0.1, -0.05) is 12.2 Å². The summed E-state index contributed by atoms with van der Waals surface area (Å²) in [7, 11) is 1.73. The fourth-order valence-corrected chi connectivity index (χ4v) is 2.87. The molecule has 0 unspecified atom stereocenters. The summed E-state index contributed by atoms with van der Waals surface area (Å²) in [5.74, 6) is 0. The predicted molar refractivity (Wildman–Crippen MR) is 82.3 cm³/mol. The van der Waals surface area contributed by atoms with Gasteiger partial charge in [-0.3, -0.25) is 0 Å². The van der Waals surface area contributed by atoms with E-state index in [1.54, 1.807) is 7.11 Å². The molecule has 0 heterocycles. The van der Waals surface area contributed by atoms with Crippen molar-refractivity contribution in [2.24, 2.45) is 5.73 Å². The second-order valence-corrected chi connectivity index (χ2v) is 5.74. The van der Waals surface area contributed by atoms with E-state index < -0.39 is 0 Å². The maximum absolute atomic E-state index is 5.66. The van der Waals surface area contributed by atoms with E-state index in [-0.39, 0.29) is 0 Å². The highest BCUT2D eigenvalue weighted by molar-refractivity contribution is 9.10. The summed E-state index contributed by atoms with van der Waals surface area (Å²) in [5, 5.41) is 0. The van der Waals surface area contributed by atoms with Crippen LogP contribution in [-0.2, 0) is 4.74 Å². The second kappa shape index (κ2) is 5.99. The van der Waals surface area contributed by atoms with Crippen molar-refractivity contribution >= 4 is 38.8 Å². The van der Waals surface area contributed by atoms with Crippen molar-refractivity contribution in [2.75, 3.05) is 25.2 Å². The lowest BCUT2D eigenvalue weighted by Crippen LogP contribution is -2.29. The molecule has 0 radical (unpaired) electrons. The standard InChI is InChI=1S/C13H17BrN2OS/c1-17-7-6-16(9-2-3-9)10-4-5-11(13(15)18)12(14)8-10/h4-5,8-9H,2-3,6-7H2,1H3,(H2,15,18). The summed E-state index contributed by atoms with van der Waals surface area (Å²) in [4.78, 5) is 2.81. The maximum Gasteiger partial charge on any atom is 0.105 e. The molecule has 1 aliphatic rings. The number of halogens is 1. The number of nitrogens with zero attached hydrogens (tertiary/aromatic N) is 1. The van der Waals surface area contributed by atoms with E-state index in [0.29, 0.717) is 11.0 Å². The fourth-order valence-electron chi connectivity index (χ4n) is 1.98. The Morgan fingerprint density at radius 3 is 2.78 bits per heavy atom. The molecule has 0 saturated heterocycles. The van der Waals surface area contributed by atoms with Crippen LogP contribution >= 0.6 is 28.1 Å². The van der Waals surface area contributed by atoms with Gasteiger partial charge in [-0.2, -0.15) is 0 Å². The molecule has 0 amide bonds. The number of ether oxygens (including phenoxy) is 1. The molecule has 5 heteroatoms. The normalized spacial score (nSPS) is 14.6. The minimum atomic E-state index is 0.420. The Kier molecular flexibility index (Phi) is 4.59. The number of hydrogen-bond acceptors (Lipinski definition) is 3. The van der Waals surface area contributed by atoms with Crippen LogP contribution in [0.4, 0.5) is 5.69 Å². The largest absolute Gasteiger partial charge is 0.389 e. The molecule has 1 aromatic rings. The van der Waals surface area contributed by atoms with Gasteiger partial charge in [0.15, 0.2) is 0 Å². The Labute approximate surface area is 121 Å². The smallest absolute Gasteiger partial charge is 0.105 e. The summed E-state index contributed by atoms with van der Waals surface area (Å²) in [6.07, 6.45) is 2.52. The number of thiocarbonyl (C=S) groups is 1. The quantitative estimate of drug-likeness (QED) is 0.815. The molecule has 0 bridgehead atoms. The van der Waals surface area contributed by atoms with Crippen LogP contribution < -0.4 is 10.6 Å². The van der Waals surface area contributed by atoms with Crippen molar-refractivity contribution in [1.29, 1.82) is 0 Å². The van der Waals surface area contributed by atoms with E-state index in [0.717, 1.165) is 23.2 Å². The van der Waals surface area contributed by atoms with Gasteiger partial charge in [0, 0.05) is 35.4 Å². The lowest BCUT2D eigenvalue weighted by molar-refractivity contribution is 0.205. The molecule has 0 atom stereocenters. The number of benzene rings is 1. The Balaban J connectivity index is 2.19. The van der Waals surface area contributed by atoms with Gasteiger partial charge in [-0.25, -0.2) is 0 Å². The highest BCUT2D eigenvalue weighted by Crippen LogP contribution is 2.33. The SMILES string of the molecule is COCCN(c1ccc(C(N)=S)c(Br)c1)C1CC1. The summed E-state index contributed by atoms with van der Waals surface area (Å²) in [6.45, 7) is 1.66. The summed E-state index contributed by atoms with van der Waals surface area (Å²) in [5.41, 5.74) is 7.74. The number of methoxy groups -OCH3 is 1. The molecule has 2 rings (SSSR count). The fraction of sp³-hybridized carbons (Fsp3) is 0.462. The van der Waals surface area contributed by atoms with Gasteiger partial charge < -0.3 is 15.4 Å². The third kappa shape index (κ3) is 3.22. The lowest BCUT2D eigenvalue weighted by Gasteiger charge is -2.25. The predicted octanol–water partition coefficient (Wildman–Crippen LogP) is 2.70. The highest BCUT2D eigenvalue weighted by atomic mass is 79.9. The van der Waals surface area contributed by atoms with E-state index >= 15 is 0 Å². The first-order valence-corrected chi connectivity index (χ1v) is 7.18. The van der Waals surface area contributed by atoms with Gasteiger partial charge in [0.05, 0.1) is 6.61 Å². The van der Waals surface area contributed by atoms with Gasteiger partial charge in [-0.05, 0) is 47.0 Å². The molecule has 1 aromatic carbocycles. The van der Waals surface area contributed by atoms with Gasteiger partial charge in [0.2, 0.25) is 0 Å². The first-order chi connectivity index (χ1) is 8.63. The lowest BCUT2D eigenvalue weighted by atomic mass is 10.2. The van der Waals surface area contributed by atoms with Crippen LogP contribution in [0.25, 0.3) is 0 Å². The molecule has 0 aromatic heterocycles. The van der Waals surface area contributed by atoms with Crippen LogP contribution in [-0.4, -0.2) is 31.3 Å². The van der Waals surface area contributed by atoms with Crippen LogP contribution in [0.3, 0.4) is 0 Å². The van der Waals surface area contributed by atoms with Crippen molar-refractivity contribution in [1.82, 2.24) is 0 Å². The minimum absolute atomic E-state index is 0.420. The van der Waals surface area contributed by atoms with Crippen LogP contribution in [0.5, 0.6) is 0 Å². The molecular weight excluding hydrogens is 312 g/mol. The molecular formula is C13H17BrN2OS. The van der Waals surface area contributed by atoms with E-state index in [9.17, 15) is 0 Å². The van der Waals surface area contributed by atoms with Crippen LogP contribution in [0.15, 0.2) is 22.7 Å². The Morgan fingerprint density at radius 1 is 1.56 bits per heavy atom. The van der Waals surface area contributed by atoms with Crippen LogP contribution in [0.1, 0.15) is 18.4 Å². The van der Waals surface area contributed by atoms with Crippen molar-refractivity contribution in [3.05, 3.63) is 28.2 Å². The first-order valence-electron chi connectivity index (χ1n) is 5.98. The summed E-state index contributed by atoms with van der Waals surface area (Å²) >= 11 is 8.53. The summed E-state index contributed by atoms with van der Waals surface area (Å²) in [6, 6.07) is 6.79. The molecule has 1 fully saturated rings. The monoisotopic (exact) mass is 328 g/mol. The van der Waals surface area contributed by atoms with Gasteiger partial charge in [-0.15, -0.1) is 0 Å². The van der Waals surface area contributed by atoms with Crippen molar-refractivity contribution in [2.45, 2.75) is 18.9 Å². The maximum atomic E-state index is 5.66. The molecule has 3 nitrogen and oxygen atoms in total. The first kappa shape index (κ1) is 13.8. The average Bonchev–Trinajstić information content (AvgIpc) is 3.13.